The van der Waals surface area contributed by atoms with E-state index in [2.05, 4.69) is 0 Å². The molecule has 20 heavy (non-hydrogen) atoms. The first-order valence-corrected chi connectivity index (χ1v) is 11.0. The third kappa shape index (κ3) is 9.24. The smallest absolute Gasteiger partial charge is 0.462 e. The van der Waals surface area contributed by atoms with Crippen LogP contribution in [0, 0.1) is 0 Å². The van der Waals surface area contributed by atoms with Gasteiger partial charge in [-0.05, 0) is 27.7 Å². The van der Waals surface area contributed by atoms with E-state index in [0.717, 1.165) is 0 Å². The summed E-state index contributed by atoms with van der Waals surface area (Å²) in [6.07, 6.45) is 0.0247. The lowest BCUT2D eigenvalue weighted by atomic mass is 10.5. The summed E-state index contributed by atoms with van der Waals surface area (Å²) in [7, 11) is -5.04. The summed E-state index contributed by atoms with van der Waals surface area (Å²) in [4.78, 5) is 22.4. The van der Waals surface area contributed by atoms with Crippen molar-refractivity contribution in [3.05, 3.63) is 0 Å². The van der Waals surface area contributed by atoms with Gasteiger partial charge in [-0.25, -0.2) is 0 Å². The van der Waals surface area contributed by atoms with E-state index in [1.165, 1.54) is 13.8 Å². The minimum atomic E-state index is -2.96. The predicted molar refractivity (Wildman–Crippen MR) is 79.5 cm³/mol. The van der Waals surface area contributed by atoms with E-state index in [9.17, 15) is 9.59 Å². The van der Waals surface area contributed by atoms with Gasteiger partial charge in [-0.2, -0.15) is 0 Å². The molecule has 0 saturated heterocycles. The third-order valence-electron chi connectivity index (χ3n) is 2.10. The SMILES string of the molecule is CC(=O)O[Si](C)(C[SiH](OC(C)C)OC(C)C)OC(C)=O. The molecule has 6 nitrogen and oxygen atoms in total. The summed E-state index contributed by atoms with van der Waals surface area (Å²) in [5.41, 5.74) is 0.377. The fourth-order valence-corrected chi connectivity index (χ4v) is 8.15. The average molecular weight is 323 g/mol. The molecule has 0 spiro atoms. The van der Waals surface area contributed by atoms with Crippen molar-refractivity contribution in [2.45, 2.75) is 66.0 Å². The summed E-state index contributed by atoms with van der Waals surface area (Å²) >= 11 is 0. The Balaban J connectivity index is 4.93. The first-order chi connectivity index (χ1) is 9.04. The van der Waals surface area contributed by atoms with Crippen LogP contribution in [0.5, 0.6) is 0 Å². The lowest BCUT2D eigenvalue weighted by Gasteiger charge is -2.29. The van der Waals surface area contributed by atoms with Crippen molar-refractivity contribution in [1.82, 2.24) is 0 Å². The van der Waals surface area contributed by atoms with Gasteiger partial charge in [-0.1, -0.05) is 0 Å². The number of hydrogen-bond acceptors (Lipinski definition) is 6. The van der Waals surface area contributed by atoms with Gasteiger partial charge in [0.1, 0.15) is 0 Å². The second-order valence-electron chi connectivity index (χ2n) is 5.32. The molecule has 0 aromatic heterocycles. The standard InChI is InChI=1S/C12H26O6Si2/c1-9(2)15-19(16-10(3)4)8-20(7,17-11(5)13)18-12(6)14/h9-10,19H,8H2,1-7H3. The van der Waals surface area contributed by atoms with E-state index in [1.807, 2.05) is 27.7 Å². The zero-order chi connectivity index (χ0) is 15.9. The van der Waals surface area contributed by atoms with E-state index in [0.29, 0.717) is 5.67 Å². The maximum absolute atomic E-state index is 11.2. The molecule has 0 rings (SSSR count). The highest BCUT2D eigenvalue weighted by Crippen LogP contribution is 2.19. The molecule has 0 bridgehead atoms. The van der Waals surface area contributed by atoms with Gasteiger partial charge >= 0.3 is 17.8 Å². The van der Waals surface area contributed by atoms with Gasteiger partial charge in [0.15, 0.2) is 0 Å². The Bertz CT molecular complexity index is 306. The highest BCUT2D eigenvalue weighted by atomic mass is 28.4. The summed E-state index contributed by atoms with van der Waals surface area (Å²) < 4.78 is 22.1. The first kappa shape index (κ1) is 19.3. The fourth-order valence-electron chi connectivity index (χ4n) is 1.75. The Hall–Kier alpha value is -0.706. The van der Waals surface area contributed by atoms with Gasteiger partial charge < -0.3 is 17.7 Å². The van der Waals surface area contributed by atoms with Crippen LogP contribution in [0.3, 0.4) is 0 Å². The summed E-state index contributed by atoms with van der Waals surface area (Å²) in [5.74, 6) is -0.912. The summed E-state index contributed by atoms with van der Waals surface area (Å²) in [6.45, 7) is 12.0. The monoisotopic (exact) mass is 322 g/mol. The molecule has 0 amide bonds. The van der Waals surface area contributed by atoms with E-state index in [4.69, 9.17) is 17.7 Å². The van der Waals surface area contributed by atoms with Gasteiger partial charge in [0.25, 0.3) is 11.9 Å². The summed E-state index contributed by atoms with van der Waals surface area (Å²) in [5, 5.41) is 0. The maximum Gasteiger partial charge on any atom is 0.462 e. The average Bonchev–Trinajstić information content (AvgIpc) is 2.09. The van der Waals surface area contributed by atoms with Crippen molar-refractivity contribution < 1.29 is 27.3 Å². The zero-order valence-electron chi connectivity index (χ0n) is 13.4. The molecular formula is C12H26O6Si2. The minimum absolute atomic E-state index is 0.0123. The van der Waals surface area contributed by atoms with Gasteiger partial charge in [0.05, 0.1) is 5.67 Å². The molecule has 0 atom stereocenters. The van der Waals surface area contributed by atoms with E-state index >= 15 is 0 Å². The molecule has 0 heterocycles. The van der Waals surface area contributed by atoms with Crippen molar-refractivity contribution in [1.29, 1.82) is 0 Å². The molecule has 0 aliphatic rings. The van der Waals surface area contributed by atoms with E-state index in [1.54, 1.807) is 6.55 Å². The van der Waals surface area contributed by atoms with Crippen molar-refractivity contribution >= 4 is 29.8 Å². The largest absolute Gasteiger partial charge is 0.485 e. The highest BCUT2D eigenvalue weighted by Gasteiger charge is 2.43. The van der Waals surface area contributed by atoms with Gasteiger partial charge in [0, 0.05) is 32.6 Å². The molecule has 0 saturated carbocycles. The normalized spacial score (nSPS) is 12.1. The molecular weight excluding hydrogens is 296 g/mol. The quantitative estimate of drug-likeness (QED) is 0.635. The molecule has 0 aliphatic carbocycles. The van der Waals surface area contributed by atoms with Gasteiger partial charge in [-0.3, -0.25) is 9.59 Å². The second-order valence-corrected chi connectivity index (χ2v) is 11.0. The molecule has 0 unspecified atom stereocenters. The Morgan fingerprint density at radius 2 is 1.30 bits per heavy atom. The summed E-state index contributed by atoms with van der Waals surface area (Å²) in [6, 6.07) is 0. The lowest BCUT2D eigenvalue weighted by Crippen LogP contribution is -2.48. The molecule has 0 aliphatic heterocycles. The third-order valence-corrected chi connectivity index (χ3v) is 9.54. The van der Waals surface area contributed by atoms with Crippen LogP contribution in [0.4, 0.5) is 0 Å². The Labute approximate surface area is 123 Å². The van der Waals surface area contributed by atoms with Crippen LogP contribution < -0.4 is 0 Å². The number of carbonyl (C=O) groups is 2. The van der Waals surface area contributed by atoms with Crippen LogP contribution >= 0.6 is 0 Å². The molecule has 0 aromatic carbocycles. The molecule has 0 N–H and O–H groups in total. The van der Waals surface area contributed by atoms with Crippen LogP contribution in [-0.4, -0.2) is 42.0 Å². The first-order valence-electron chi connectivity index (χ1n) is 6.74. The highest BCUT2D eigenvalue weighted by molar-refractivity contribution is 6.79. The predicted octanol–water partition coefficient (Wildman–Crippen LogP) is 1.79. The molecule has 8 heteroatoms. The van der Waals surface area contributed by atoms with Crippen LogP contribution in [-0.2, 0) is 27.3 Å². The van der Waals surface area contributed by atoms with Crippen molar-refractivity contribution in [3.63, 3.8) is 0 Å². The van der Waals surface area contributed by atoms with E-state index < -0.39 is 29.8 Å². The topological polar surface area (TPSA) is 71.1 Å². The second kappa shape index (κ2) is 8.55. The van der Waals surface area contributed by atoms with Gasteiger partial charge in [0.2, 0.25) is 0 Å². The van der Waals surface area contributed by atoms with E-state index in [-0.39, 0.29) is 12.2 Å². The van der Waals surface area contributed by atoms with Crippen LogP contribution in [0.25, 0.3) is 0 Å². The molecule has 0 radical (unpaired) electrons. The van der Waals surface area contributed by atoms with Crippen molar-refractivity contribution in [2.75, 3.05) is 0 Å². The Morgan fingerprint density at radius 3 is 1.55 bits per heavy atom. The number of rotatable bonds is 8. The van der Waals surface area contributed by atoms with Crippen LogP contribution in [0.15, 0.2) is 0 Å². The lowest BCUT2D eigenvalue weighted by molar-refractivity contribution is -0.138. The van der Waals surface area contributed by atoms with Crippen molar-refractivity contribution in [2.24, 2.45) is 0 Å². The fraction of sp³-hybridized carbons (Fsp3) is 0.833. The Kier molecular flexibility index (Phi) is 8.25. The molecule has 0 fully saturated rings. The van der Waals surface area contributed by atoms with Gasteiger partial charge in [-0.15, -0.1) is 0 Å². The minimum Gasteiger partial charge on any atom is -0.485 e. The molecule has 118 valence electrons. The Morgan fingerprint density at radius 1 is 0.950 bits per heavy atom. The van der Waals surface area contributed by atoms with Crippen LogP contribution in [0.2, 0.25) is 12.2 Å². The number of carbonyl (C=O) groups excluding carboxylic acids is 2. The molecule has 0 aromatic rings. The zero-order valence-corrected chi connectivity index (χ0v) is 15.5. The number of hydrogen-bond donors (Lipinski definition) is 0. The maximum atomic E-state index is 11.2. The van der Waals surface area contributed by atoms with Crippen LogP contribution in [0.1, 0.15) is 41.5 Å². The van der Waals surface area contributed by atoms with Crippen molar-refractivity contribution in [3.8, 4) is 0 Å².